The van der Waals surface area contributed by atoms with Crippen LogP contribution in [-0.2, 0) is 7.05 Å². The molecule has 0 spiro atoms. The zero-order valence-corrected chi connectivity index (χ0v) is 7.98. The Kier molecular flexibility index (Phi) is 1.73. The van der Waals surface area contributed by atoms with E-state index >= 15 is 0 Å². The summed E-state index contributed by atoms with van der Waals surface area (Å²) in [6, 6.07) is 1.85. The summed E-state index contributed by atoms with van der Waals surface area (Å²) >= 11 is 0. The molecule has 0 radical (unpaired) electrons. The maximum Gasteiger partial charge on any atom is 0.284 e. The first-order chi connectivity index (χ1) is 6.59. The second kappa shape index (κ2) is 2.80. The summed E-state index contributed by atoms with van der Waals surface area (Å²) in [4.78, 5) is 19.2. The van der Waals surface area contributed by atoms with Crippen LogP contribution >= 0.6 is 0 Å². The monoisotopic (exact) mass is 190 g/mol. The van der Waals surface area contributed by atoms with Crippen molar-refractivity contribution < 1.29 is 0 Å². The van der Waals surface area contributed by atoms with Crippen LogP contribution in [0.1, 0.15) is 5.56 Å². The van der Waals surface area contributed by atoms with E-state index in [0.29, 0.717) is 11.4 Å². The average molecular weight is 190 g/mol. The lowest BCUT2D eigenvalue weighted by Crippen LogP contribution is -2.19. The zero-order valence-electron chi connectivity index (χ0n) is 7.98. The number of aryl methyl sites for hydroxylation is 2. The van der Waals surface area contributed by atoms with Crippen molar-refractivity contribution in [1.82, 2.24) is 14.5 Å². The molecule has 0 saturated heterocycles. The lowest BCUT2D eigenvalue weighted by atomic mass is 10.1. The summed E-state index contributed by atoms with van der Waals surface area (Å²) in [6.07, 6.45) is 1.84. The fourth-order valence-corrected chi connectivity index (χ4v) is 1.42. The maximum atomic E-state index is 11.5. The highest BCUT2D eigenvalue weighted by atomic mass is 16.1. The molecule has 0 aromatic carbocycles. The third kappa shape index (κ3) is 1.14. The van der Waals surface area contributed by atoms with Crippen LogP contribution in [0.2, 0.25) is 0 Å². The molecule has 0 bridgehead atoms. The van der Waals surface area contributed by atoms with Gasteiger partial charge < -0.3 is 10.3 Å². The van der Waals surface area contributed by atoms with E-state index in [1.54, 1.807) is 4.57 Å². The number of nitrogen functional groups attached to an aromatic ring is 1. The summed E-state index contributed by atoms with van der Waals surface area (Å²) in [7, 11) is 1.81. The number of pyridine rings is 1. The molecule has 0 atom stereocenters. The molecule has 0 aliphatic carbocycles. The summed E-state index contributed by atoms with van der Waals surface area (Å²) in [5.74, 6) is 0.589. The van der Waals surface area contributed by atoms with Gasteiger partial charge in [0.15, 0.2) is 0 Å². The van der Waals surface area contributed by atoms with Gasteiger partial charge in [-0.25, -0.2) is 0 Å². The molecule has 72 valence electrons. The Labute approximate surface area is 80.6 Å². The molecule has 0 aromatic heterocycles. The minimum absolute atomic E-state index is 0.0173. The fraction of sp³-hybridized carbons (Fsp3) is 0.222. The number of aromatic nitrogens is 3. The van der Waals surface area contributed by atoms with Crippen LogP contribution in [0.3, 0.4) is 0 Å². The Morgan fingerprint density at radius 1 is 1.43 bits per heavy atom. The standard InChI is InChI=1S/C9H10N4O/c1-5-3-4-13(2)7-6(5)8(14)12-9(10)11-7/h3-4H,1-2H3,(H2,10,12,14). The van der Waals surface area contributed by atoms with Gasteiger partial charge in [-0.3, -0.25) is 4.79 Å². The van der Waals surface area contributed by atoms with E-state index in [9.17, 15) is 4.79 Å². The lowest BCUT2D eigenvalue weighted by Gasteiger charge is -2.11. The van der Waals surface area contributed by atoms with Crippen LogP contribution in [-0.4, -0.2) is 14.5 Å². The van der Waals surface area contributed by atoms with Gasteiger partial charge >= 0.3 is 0 Å². The van der Waals surface area contributed by atoms with Crippen molar-refractivity contribution >= 4 is 5.95 Å². The van der Waals surface area contributed by atoms with Crippen LogP contribution in [0.4, 0.5) is 5.95 Å². The van der Waals surface area contributed by atoms with Crippen LogP contribution in [0.15, 0.2) is 17.1 Å². The van der Waals surface area contributed by atoms with Gasteiger partial charge in [0.1, 0.15) is 5.82 Å². The van der Waals surface area contributed by atoms with Crippen molar-refractivity contribution in [2.24, 2.45) is 7.05 Å². The molecule has 2 aliphatic heterocycles. The first kappa shape index (κ1) is 8.68. The van der Waals surface area contributed by atoms with E-state index in [0.717, 1.165) is 5.56 Å². The van der Waals surface area contributed by atoms with Gasteiger partial charge in [0, 0.05) is 13.2 Å². The van der Waals surface area contributed by atoms with E-state index in [4.69, 9.17) is 5.73 Å². The lowest BCUT2D eigenvalue weighted by molar-refractivity contribution is 0.866. The predicted octanol–water partition coefficient (Wildman–Crippen LogP) is 0.171. The van der Waals surface area contributed by atoms with Crippen molar-refractivity contribution in [2.45, 2.75) is 6.92 Å². The van der Waals surface area contributed by atoms with Crippen LogP contribution in [0.5, 0.6) is 0 Å². The van der Waals surface area contributed by atoms with E-state index < -0.39 is 0 Å². The van der Waals surface area contributed by atoms with Gasteiger partial charge in [-0.15, -0.1) is 0 Å². The van der Waals surface area contributed by atoms with E-state index in [2.05, 4.69) is 9.97 Å². The Morgan fingerprint density at radius 3 is 2.86 bits per heavy atom. The molecular formula is C9H10N4O. The van der Waals surface area contributed by atoms with Crippen LogP contribution in [0.25, 0.3) is 11.4 Å². The quantitative estimate of drug-likeness (QED) is 0.642. The summed E-state index contributed by atoms with van der Waals surface area (Å²) < 4.78 is 1.75. The highest BCUT2D eigenvalue weighted by Crippen LogP contribution is 2.18. The van der Waals surface area contributed by atoms with Crippen molar-refractivity contribution in [1.29, 1.82) is 0 Å². The number of hydrogen-bond acceptors (Lipinski definition) is 4. The highest BCUT2D eigenvalue weighted by Gasteiger charge is 2.14. The minimum Gasteiger partial charge on any atom is -0.368 e. The highest BCUT2D eigenvalue weighted by molar-refractivity contribution is 5.61. The summed E-state index contributed by atoms with van der Waals surface area (Å²) in [5.41, 5.74) is 6.49. The SMILES string of the molecule is Cc1ccn(C)c2nc(N)nc(=O)c1-2. The van der Waals surface area contributed by atoms with Crippen LogP contribution in [0, 0.1) is 6.92 Å². The average Bonchev–Trinajstić information content (AvgIpc) is 2.10. The second-order valence-electron chi connectivity index (χ2n) is 3.20. The molecule has 14 heavy (non-hydrogen) atoms. The summed E-state index contributed by atoms with van der Waals surface area (Å²) in [5, 5.41) is 0. The Balaban J connectivity index is 2.97. The molecule has 5 nitrogen and oxygen atoms in total. The number of anilines is 1. The first-order valence-corrected chi connectivity index (χ1v) is 4.19. The molecule has 0 unspecified atom stereocenters. The fourth-order valence-electron chi connectivity index (χ4n) is 1.42. The third-order valence-electron chi connectivity index (χ3n) is 2.15. The van der Waals surface area contributed by atoms with Crippen molar-refractivity contribution in [3.63, 3.8) is 0 Å². The number of fused-ring (bicyclic) bond motifs is 1. The Bertz CT molecular complexity index is 517. The molecule has 0 amide bonds. The molecule has 0 saturated carbocycles. The van der Waals surface area contributed by atoms with Gasteiger partial charge in [0.05, 0.1) is 5.56 Å². The van der Waals surface area contributed by atoms with Gasteiger partial charge in [-0.1, -0.05) is 0 Å². The first-order valence-electron chi connectivity index (χ1n) is 4.19. The van der Waals surface area contributed by atoms with E-state index in [1.165, 1.54) is 0 Å². The number of nitrogens with two attached hydrogens (primary N) is 1. The molecule has 2 rings (SSSR count). The maximum absolute atomic E-state index is 11.5. The Hall–Kier alpha value is -1.91. The topological polar surface area (TPSA) is 73.8 Å². The predicted molar refractivity (Wildman–Crippen MR) is 53.0 cm³/mol. The largest absolute Gasteiger partial charge is 0.368 e. The number of rotatable bonds is 0. The third-order valence-corrected chi connectivity index (χ3v) is 2.15. The molecule has 2 heterocycles. The van der Waals surface area contributed by atoms with Crippen LogP contribution < -0.4 is 11.3 Å². The Morgan fingerprint density at radius 2 is 2.14 bits per heavy atom. The molecule has 5 heteroatoms. The van der Waals surface area contributed by atoms with Gasteiger partial charge in [-0.2, -0.15) is 9.97 Å². The van der Waals surface area contributed by atoms with Crippen molar-refractivity contribution in [3.8, 4) is 11.4 Å². The van der Waals surface area contributed by atoms with E-state index in [1.807, 2.05) is 26.2 Å². The van der Waals surface area contributed by atoms with Gasteiger partial charge in [0.25, 0.3) is 5.56 Å². The summed E-state index contributed by atoms with van der Waals surface area (Å²) in [6.45, 7) is 1.85. The minimum atomic E-state index is -0.318. The molecular weight excluding hydrogens is 180 g/mol. The normalized spacial score (nSPS) is 10.7. The number of nitrogens with zero attached hydrogens (tertiary/aromatic N) is 3. The number of hydrogen-bond donors (Lipinski definition) is 1. The molecule has 0 aromatic rings. The van der Waals surface area contributed by atoms with Crippen molar-refractivity contribution in [3.05, 3.63) is 28.2 Å². The second-order valence-corrected chi connectivity index (χ2v) is 3.20. The molecule has 2 aliphatic rings. The zero-order chi connectivity index (χ0) is 10.3. The van der Waals surface area contributed by atoms with Crippen molar-refractivity contribution in [2.75, 3.05) is 5.73 Å². The smallest absolute Gasteiger partial charge is 0.284 e. The van der Waals surface area contributed by atoms with Gasteiger partial charge in [0.2, 0.25) is 5.95 Å². The van der Waals surface area contributed by atoms with E-state index in [-0.39, 0.29) is 11.5 Å². The molecule has 2 N–H and O–H groups in total. The molecule has 0 fully saturated rings. The van der Waals surface area contributed by atoms with Gasteiger partial charge in [-0.05, 0) is 18.6 Å².